The van der Waals surface area contributed by atoms with Crippen LogP contribution in [0, 0.1) is 28.6 Å². The van der Waals surface area contributed by atoms with Crippen LogP contribution in [0.5, 0.6) is 0 Å². The Kier molecular flexibility index (Phi) is 4.30. The van der Waals surface area contributed by atoms with Crippen molar-refractivity contribution in [3.05, 3.63) is 11.6 Å². The number of carbonyl (C=O) groups excluding carboxylic acids is 1. The molecule has 4 aliphatic rings. The summed E-state index contributed by atoms with van der Waals surface area (Å²) in [4.78, 5) is 13.2. The average Bonchev–Trinajstić information content (AvgIpc) is 2.93. The second kappa shape index (κ2) is 6.11. The fraction of sp³-hybridized carbons (Fsp3) is 0.864. The van der Waals surface area contributed by atoms with Gasteiger partial charge in [0.15, 0.2) is 0 Å². The Morgan fingerprint density at radius 2 is 1.92 bits per heavy atom. The lowest BCUT2D eigenvalue weighted by Gasteiger charge is -2.58. The van der Waals surface area contributed by atoms with Gasteiger partial charge in [-0.15, -0.1) is 0 Å². The fourth-order valence-electron chi connectivity index (χ4n) is 7.64. The van der Waals surface area contributed by atoms with E-state index in [9.17, 15) is 4.79 Å². The van der Waals surface area contributed by atoms with Gasteiger partial charge >= 0.3 is 0 Å². The number of hydrogen-bond acceptors (Lipinski definition) is 3. The first kappa shape index (κ1) is 17.6. The number of hydrogen-bond donors (Lipinski definition) is 0. The molecule has 0 N–H and O–H groups in total. The molecule has 3 heteroatoms. The molecule has 7 atom stereocenters. The van der Waals surface area contributed by atoms with E-state index in [1.54, 1.807) is 5.57 Å². The van der Waals surface area contributed by atoms with Gasteiger partial charge in [0.1, 0.15) is 6.10 Å². The number of nitrogens with zero attached hydrogens (tertiary/aromatic N) is 1. The van der Waals surface area contributed by atoms with Gasteiger partial charge < -0.3 is 9.64 Å². The van der Waals surface area contributed by atoms with Gasteiger partial charge in [-0.25, -0.2) is 0 Å². The van der Waals surface area contributed by atoms with Crippen molar-refractivity contribution in [3.8, 4) is 0 Å². The summed E-state index contributed by atoms with van der Waals surface area (Å²) >= 11 is 0. The molecule has 3 fully saturated rings. The molecular formula is C22H35NO2. The second-order valence-electron chi connectivity index (χ2n) is 9.96. The number of allylic oxidation sites excluding steroid dienone is 1. The molecular weight excluding hydrogens is 310 g/mol. The van der Waals surface area contributed by atoms with Gasteiger partial charge in [-0.1, -0.05) is 25.5 Å². The minimum atomic E-state index is 0.117. The summed E-state index contributed by atoms with van der Waals surface area (Å²) in [7, 11) is 4.55. The van der Waals surface area contributed by atoms with Crippen LogP contribution in [0.15, 0.2) is 11.6 Å². The first-order chi connectivity index (χ1) is 11.9. The molecule has 4 aliphatic carbocycles. The predicted octanol–water partition coefficient (Wildman–Crippen LogP) is 4.42. The maximum absolute atomic E-state index is 10.7. The Morgan fingerprint density at radius 3 is 2.64 bits per heavy atom. The molecule has 0 aromatic carbocycles. The number of ether oxygens (including phenoxy) is 1. The molecule has 0 aromatic rings. The maximum atomic E-state index is 10.7. The molecule has 0 bridgehead atoms. The van der Waals surface area contributed by atoms with Crippen molar-refractivity contribution >= 4 is 6.47 Å². The van der Waals surface area contributed by atoms with Crippen molar-refractivity contribution in [2.24, 2.45) is 28.6 Å². The molecule has 4 rings (SSSR count). The van der Waals surface area contributed by atoms with E-state index in [-0.39, 0.29) is 6.10 Å². The fourth-order valence-corrected chi connectivity index (χ4v) is 7.64. The van der Waals surface area contributed by atoms with Crippen molar-refractivity contribution in [2.75, 3.05) is 14.1 Å². The first-order valence-corrected chi connectivity index (χ1v) is 10.3. The third-order valence-corrected chi connectivity index (χ3v) is 8.88. The minimum Gasteiger partial charge on any atom is -0.464 e. The molecule has 0 aliphatic heterocycles. The van der Waals surface area contributed by atoms with Gasteiger partial charge in [-0.05, 0) is 87.6 Å². The van der Waals surface area contributed by atoms with E-state index in [0.717, 1.165) is 36.6 Å². The molecule has 3 nitrogen and oxygen atoms in total. The van der Waals surface area contributed by atoms with Crippen LogP contribution >= 0.6 is 0 Å². The van der Waals surface area contributed by atoms with E-state index in [1.165, 1.54) is 38.5 Å². The molecule has 25 heavy (non-hydrogen) atoms. The molecule has 0 unspecified atom stereocenters. The normalized spacial score (nSPS) is 49.0. The summed E-state index contributed by atoms with van der Waals surface area (Å²) in [6, 6.07) is 0.758. The summed E-state index contributed by atoms with van der Waals surface area (Å²) in [6.07, 6.45) is 12.7. The largest absolute Gasteiger partial charge is 0.464 e. The van der Waals surface area contributed by atoms with Crippen molar-refractivity contribution < 1.29 is 9.53 Å². The van der Waals surface area contributed by atoms with Gasteiger partial charge in [-0.2, -0.15) is 0 Å². The van der Waals surface area contributed by atoms with Crippen molar-refractivity contribution in [1.82, 2.24) is 4.90 Å². The SMILES string of the molecule is CN(C)[C@H]1CC[C@H]2[C@@H]3CC=C4C[C@@H](OC=O)CC[C@]4(C)[C@H]3CC[C@]12C. The highest BCUT2D eigenvalue weighted by Crippen LogP contribution is 2.65. The third-order valence-electron chi connectivity index (χ3n) is 8.88. The number of fused-ring (bicyclic) bond motifs is 5. The van der Waals surface area contributed by atoms with Gasteiger partial charge in [0.2, 0.25) is 0 Å². The van der Waals surface area contributed by atoms with E-state index in [0.29, 0.717) is 17.3 Å². The van der Waals surface area contributed by atoms with Crippen LogP contribution in [-0.2, 0) is 9.53 Å². The molecule has 0 saturated heterocycles. The molecule has 0 spiro atoms. The zero-order chi connectivity index (χ0) is 17.8. The zero-order valence-electron chi connectivity index (χ0n) is 16.5. The van der Waals surface area contributed by atoms with Crippen LogP contribution in [0.3, 0.4) is 0 Å². The van der Waals surface area contributed by atoms with Crippen LogP contribution in [-0.4, -0.2) is 37.6 Å². The summed E-state index contributed by atoms with van der Waals surface area (Å²) < 4.78 is 5.31. The van der Waals surface area contributed by atoms with Gasteiger partial charge in [0.25, 0.3) is 6.47 Å². The summed E-state index contributed by atoms with van der Waals surface area (Å²) in [6.45, 7) is 5.75. The molecule has 140 valence electrons. The van der Waals surface area contributed by atoms with Crippen LogP contribution in [0.2, 0.25) is 0 Å². The van der Waals surface area contributed by atoms with Crippen molar-refractivity contribution in [3.63, 3.8) is 0 Å². The van der Waals surface area contributed by atoms with E-state index in [1.807, 2.05) is 0 Å². The highest BCUT2D eigenvalue weighted by atomic mass is 16.5. The monoisotopic (exact) mass is 345 g/mol. The first-order valence-electron chi connectivity index (χ1n) is 10.3. The van der Waals surface area contributed by atoms with Crippen molar-refractivity contribution in [2.45, 2.75) is 77.4 Å². The topological polar surface area (TPSA) is 29.5 Å². The summed E-state index contributed by atoms with van der Waals surface area (Å²) in [5.74, 6) is 2.59. The van der Waals surface area contributed by atoms with Crippen molar-refractivity contribution in [1.29, 1.82) is 0 Å². The Labute approximate surface area is 153 Å². The van der Waals surface area contributed by atoms with E-state index in [2.05, 4.69) is 38.9 Å². The van der Waals surface area contributed by atoms with Crippen LogP contribution in [0.25, 0.3) is 0 Å². The highest BCUT2D eigenvalue weighted by Gasteiger charge is 2.59. The summed E-state index contributed by atoms with van der Waals surface area (Å²) in [5, 5.41) is 0. The highest BCUT2D eigenvalue weighted by molar-refractivity contribution is 5.38. The molecule has 3 saturated carbocycles. The minimum absolute atomic E-state index is 0.117. The van der Waals surface area contributed by atoms with E-state index in [4.69, 9.17) is 4.74 Å². The van der Waals surface area contributed by atoms with Gasteiger partial charge in [-0.3, -0.25) is 4.79 Å². The summed E-state index contributed by atoms with van der Waals surface area (Å²) in [5.41, 5.74) is 2.45. The van der Waals surface area contributed by atoms with Crippen LogP contribution in [0.1, 0.15) is 65.2 Å². The lowest BCUT2D eigenvalue weighted by atomic mass is 9.48. The lowest BCUT2D eigenvalue weighted by Crippen LogP contribution is -2.53. The van der Waals surface area contributed by atoms with Crippen LogP contribution in [0.4, 0.5) is 0 Å². The molecule has 0 amide bonds. The number of rotatable bonds is 3. The van der Waals surface area contributed by atoms with E-state index >= 15 is 0 Å². The maximum Gasteiger partial charge on any atom is 0.293 e. The molecule has 0 aromatic heterocycles. The Bertz CT molecular complexity index is 570. The third kappa shape index (κ3) is 2.52. The van der Waals surface area contributed by atoms with Gasteiger partial charge in [0, 0.05) is 12.5 Å². The number of carbonyl (C=O) groups is 1. The van der Waals surface area contributed by atoms with Crippen LogP contribution < -0.4 is 0 Å². The Morgan fingerprint density at radius 1 is 1.12 bits per heavy atom. The predicted molar refractivity (Wildman–Crippen MR) is 100 cm³/mol. The zero-order valence-corrected chi connectivity index (χ0v) is 16.5. The standard InChI is InChI=1S/C22H35NO2/c1-21-11-9-16(25-14-24)13-15(21)5-6-17-18-7-8-20(23(3)4)22(18,2)12-10-19(17)21/h5,14,16-20H,6-13H2,1-4H3/t16-,17-,18-,19-,20-,21-,22-/m0/s1. The lowest BCUT2D eigenvalue weighted by molar-refractivity contribution is -0.136. The Hall–Kier alpha value is -0.830. The average molecular weight is 346 g/mol. The second-order valence-corrected chi connectivity index (χ2v) is 9.96. The smallest absolute Gasteiger partial charge is 0.293 e. The quantitative estimate of drug-likeness (QED) is 0.560. The van der Waals surface area contributed by atoms with Gasteiger partial charge in [0.05, 0.1) is 0 Å². The van der Waals surface area contributed by atoms with E-state index < -0.39 is 0 Å². The molecule has 0 heterocycles. The molecule has 0 radical (unpaired) electrons. The Balaban J connectivity index is 1.60.